The Morgan fingerprint density at radius 2 is 1.68 bits per heavy atom. The molecule has 3 rings (SSSR count). The van der Waals surface area contributed by atoms with Gasteiger partial charge < -0.3 is 14.8 Å². The van der Waals surface area contributed by atoms with Crippen molar-refractivity contribution in [1.29, 1.82) is 0 Å². The van der Waals surface area contributed by atoms with Crippen molar-refractivity contribution in [2.75, 3.05) is 13.2 Å². The second kappa shape index (κ2) is 13.1. The van der Waals surface area contributed by atoms with E-state index in [4.69, 9.17) is 9.47 Å². The van der Waals surface area contributed by atoms with Gasteiger partial charge in [-0.1, -0.05) is 48.9 Å². The third-order valence-electron chi connectivity index (χ3n) is 6.93. The Balaban J connectivity index is 1.63. The molecule has 0 radical (unpaired) electrons. The maximum Gasteiger partial charge on any atom is 0.312 e. The van der Waals surface area contributed by atoms with Gasteiger partial charge in [0.2, 0.25) is 0 Å². The molecule has 1 fully saturated rings. The van der Waals surface area contributed by atoms with Crippen LogP contribution in [0.15, 0.2) is 36.4 Å². The number of hydrogen-bond donors (Lipinski definition) is 1. The zero-order valence-corrected chi connectivity index (χ0v) is 23.6. The lowest BCUT2D eigenvalue weighted by atomic mass is 9.88. The Hall–Kier alpha value is -2.80. The smallest absolute Gasteiger partial charge is 0.312 e. The molecule has 1 saturated heterocycles. The molecule has 6 nitrogen and oxygen atoms in total. The first-order valence-electron chi connectivity index (χ1n) is 13.0. The molecule has 2 aromatic carbocycles. The molecule has 0 spiro atoms. The summed E-state index contributed by atoms with van der Waals surface area (Å²) in [7, 11) is 0. The standard InChI is InChI=1S/C30H39NO5S/c1-7-35-30(34)26-22(6)28(24(32)14-10-13-23-12-9-8-11-19(23)3)37-29(26)31-25(33)17-36-27-20(4)15-18(2)16-21(27)5/h8-9,11-12,15-16,22,26,28-29H,7,10,13-14,17H2,1-6H3,(H,31,33). The first-order valence-corrected chi connectivity index (χ1v) is 14.0. The van der Waals surface area contributed by atoms with Gasteiger partial charge in [0, 0.05) is 6.42 Å². The maximum absolute atomic E-state index is 13.2. The molecule has 0 saturated carbocycles. The van der Waals surface area contributed by atoms with E-state index in [1.54, 1.807) is 6.92 Å². The van der Waals surface area contributed by atoms with Gasteiger partial charge in [0.1, 0.15) is 11.5 Å². The molecule has 7 heteroatoms. The minimum Gasteiger partial charge on any atom is -0.483 e. The zero-order valence-electron chi connectivity index (χ0n) is 22.8. The Morgan fingerprint density at radius 3 is 2.32 bits per heavy atom. The van der Waals surface area contributed by atoms with Crippen molar-refractivity contribution >= 4 is 29.4 Å². The largest absolute Gasteiger partial charge is 0.483 e. The van der Waals surface area contributed by atoms with Gasteiger partial charge in [0.05, 0.1) is 23.1 Å². The van der Waals surface area contributed by atoms with Crippen molar-refractivity contribution in [3.05, 3.63) is 64.2 Å². The third-order valence-corrected chi connectivity index (χ3v) is 8.62. The van der Waals surface area contributed by atoms with Crippen molar-refractivity contribution in [3.8, 4) is 5.75 Å². The number of nitrogens with one attached hydrogen (secondary N) is 1. The minimum atomic E-state index is -0.595. The Morgan fingerprint density at radius 1 is 1.00 bits per heavy atom. The van der Waals surface area contributed by atoms with E-state index < -0.39 is 11.3 Å². The lowest BCUT2D eigenvalue weighted by Gasteiger charge is -2.21. The normalized spacial score (nSPS) is 20.9. The number of carbonyl (C=O) groups is 3. The lowest BCUT2D eigenvalue weighted by molar-refractivity contribution is -0.149. The summed E-state index contributed by atoms with van der Waals surface area (Å²) in [5.74, 6) is -0.749. The van der Waals surface area contributed by atoms with E-state index in [-0.39, 0.29) is 42.0 Å². The van der Waals surface area contributed by atoms with Gasteiger partial charge in [0.15, 0.2) is 6.61 Å². The van der Waals surface area contributed by atoms with E-state index in [9.17, 15) is 14.4 Å². The van der Waals surface area contributed by atoms with Crippen LogP contribution in [0, 0.1) is 39.5 Å². The number of esters is 1. The van der Waals surface area contributed by atoms with E-state index in [0.717, 1.165) is 29.5 Å². The number of benzene rings is 2. The fourth-order valence-corrected chi connectivity index (χ4v) is 6.85. The number of ketones is 1. The van der Waals surface area contributed by atoms with Crippen molar-refractivity contribution in [1.82, 2.24) is 5.32 Å². The fraction of sp³-hybridized carbons (Fsp3) is 0.500. The van der Waals surface area contributed by atoms with E-state index in [1.807, 2.05) is 52.0 Å². The number of amides is 1. The molecular formula is C30H39NO5S. The van der Waals surface area contributed by atoms with Crippen LogP contribution in [-0.4, -0.2) is 41.5 Å². The quantitative estimate of drug-likeness (QED) is 0.403. The van der Waals surface area contributed by atoms with Crippen LogP contribution in [0.1, 0.15) is 54.5 Å². The molecule has 2 aromatic rings. The van der Waals surface area contributed by atoms with E-state index in [0.29, 0.717) is 12.2 Å². The first kappa shape index (κ1) is 28.8. The molecule has 200 valence electrons. The van der Waals surface area contributed by atoms with Gasteiger partial charge in [-0.3, -0.25) is 14.4 Å². The van der Waals surface area contributed by atoms with Crippen molar-refractivity contribution in [3.63, 3.8) is 0 Å². The molecule has 4 unspecified atom stereocenters. The Labute approximate surface area is 224 Å². The summed E-state index contributed by atoms with van der Waals surface area (Å²) in [5, 5.41) is 2.02. The Bertz CT molecular complexity index is 1110. The first-order chi connectivity index (χ1) is 17.6. The summed E-state index contributed by atoms with van der Waals surface area (Å²) in [4.78, 5) is 38.9. The van der Waals surface area contributed by atoms with E-state index in [2.05, 4.69) is 24.4 Å². The SMILES string of the molecule is CCOC(=O)C1C(NC(=O)COc2c(C)cc(C)cc2C)SC(C(=O)CCCc2ccccc2C)C1C. The highest BCUT2D eigenvalue weighted by Crippen LogP contribution is 2.43. The van der Waals surface area contributed by atoms with Crippen LogP contribution in [0.5, 0.6) is 5.75 Å². The molecular weight excluding hydrogens is 486 g/mol. The van der Waals surface area contributed by atoms with Crippen LogP contribution in [-0.2, 0) is 25.5 Å². The number of hydrogen-bond acceptors (Lipinski definition) is 6. The number of aryl methyl sites for hydroxylation is 5. The summed E-state index contributed by atoms with van der Waals surface area (Å²) < 4.78 is 11.2. The number of thioether (sulfide) groups is 1. The second-order valence-corrected chi connectivity index (χ2v) is 11.2. The van der Waals surface area contributed by atoms with Crippen LogP contribution in [0.2, 0.25) is 0 Å². The lowest BCUT2D eigenvalue weighted by Crippen LogP contribution is -2.43. The van der Waals surface area contributed by atoms with Crippen LogP contribution in [0.3, 0.4) is 0 Å². The summed E-state index contributed by atoms with van der Waals surface area (Å²) in [5.41, 5.74) is 5.54. The van der Waals surface area contributed by atoms with E-state index >= 15 is 0 Å². The topological polar surface area (TPSA) is 81.7 Å². The van der Waals surface area contributed by atoms with Gasteiger partial charge in [0.25, 0.3) is 5.91 Å². The van der Waals surface area contributed by atoms with Crippen molar-refractivity contribution in [2.45, 2.75) is 71.4 Å². The minimum absolute atomic E-state index is 0.110. The van der Waals surface area contributed by atoms with Crippen LogP contribution in [0.25, 0.3) is 0 Å². The third kappa shape index (κ3) is 7.37. The van der Waals surface area contributed by atoms with Gasteiger partial charge >= 0.3 is 5.97 Å². The number of Topliss-reactive ketones (excluding diaryl/α,β-unsaturated/α-hetero) is 1. The van der Waals surface area contributed by atoms with Crippen LogP contribution >= 0.6 is 11.8 Å². The van der Waals surface area contributed by atoms with Crippen molar-refractivity contribution in [2.24, 2.45) is 11.8 Å². The molecule has 0 aliphatic carbocycles. The number of ether oxygens (including phenoxy) is 2. The average molecular weight is 526 g/mol. The predicted octanol–water partition coefficient (Wildman–Crippen LogP) is 5.26. The number of rotatable bonds is 11. The van der Waals surface area contributed by atoms with E-state index in [1.165, 1.54) is 22.9 Å². The van der Waals surface area contributed by atoms with Crippen LogP contribution < -0.4 is 10.1 Å². The van der Waals surface area contributed by atoms with Crippen LogP contribution in [0.4, 0.5) is 0 Å². The van der Waals surface area contributed by atoms with Gasteiger partial charge in [-0.2, -0.15) is 0 Å². The second-order valence-electron chi connectivity index (χ2n) is 9.94. The molecule has 37 heavy (non-hydrogen) atoms. The van der Waals surface area contributed by atoms with Gasteiger partial charge in [-0.15, -0.1) is 11.8 Å². The molecule has 1 aliphatic heterocycles. The Kier molecular flexibility index (Phi) is 10.2. The summed E-state index contributed by atoms with van der Waals surface area (Å²) in [6.45, 7) is 11.7. The monoisotopic (exact) mass is 525 g/mol. The summed E-state index contributed by atoms with van der Waals surface area (Å²) >= 11 is 1.36. The molecule has 1 heterocycles. The predicted molar refractivity (Wildman–Crippen MR) is 148 cm³/mol. The number of carbonyl (C=O) groups excluding carboxylic acids is 3. The molecule has 1 aliphatic rings. The molecule has 4 atom stereocenters. The molecule has 0 bridgehead atoms. The summed E-state index contributed by atoms with van der Waals surface area (Å²) in [6, 6.07) is 12.2. The summed E-state index contributed by atoms with van der Waals surface area (Å²) in [6.07, 6.45) is 2.01. The maximum atomic E-state index is 13.2. The van der Waals surface area contributed by atoms with Crippen molar-refractivity contribution < 1.29 is 23.9 Å². The fourth-order valence-electron chi connectivity index (χ4n) is 5.12. The average Bonchev–Trinajstić information content (AvgIpc) is 3.15. The highest BCUT2D eigenvalue weighted by Gasteiger charge is 2.49. The molecule has 0 aromatic heterocycles. The van der Waals surface area contributed by atoms with Gasteiger partial charge in [-0.25, -0.2) is 0 Å². The molecule has 1 amide bonds. The highest BCUT2D eigenvalue weighted by molar-refractivity contribution is 8.01. The zero-order chi connectivity index (χ0) is 27.1. The molecule has 1 N–H and O–H groups in total. The highest BCUT2D eigenvalue weighted by atomic mass is 32.2. The van der Waals surface area contributed by atoms with Gasteiger partial charge in [-0.05, 0) is 75.6 Å².